The van der Waals surface area contributed by atoms with Gasteiger partial charge in [-0.2, -0.15) is 0 Å². The molecule has 0 fully saturated rings. The summed E-state index contributed by atoms with van der Waals surface area (Å²) in [7, 11) is 0. The summed E-state index contributed by atoms with van der Waals surface area (Å²) in [6.07, 6.45) is 0.760. The highest BCUT2D eigenvalue weighted by Crippen LogP contribution is 2.17. The van der Waals surface area contributed by atoms with Crippen LogP contribution < -0.4 is 10.6 Å². The molecule has 0 saturated heterocycles. The first-order chi connectivity index (χ1) is 11.0. The van der Waals surface area contributed by atoms with Crippen molar-refractivity contribution in [2.45, 2.75) is 19.4 Å². The summed E-state index contributed by atoms with van der Waals surface area (Å²) in [6.45, 7) is 2.86. The predicted molar refractivity (Wildman–Crippen MR) is 96.0 cm³/mol. The van der Waals surface area contributed by atoms with E-state index in [0.29, 0.717) is 16.6 Å². The van der Waals surface area contributed by atoms with Gasteiger partial charge in [0.25, 0.3) is 0 Å². The van der Waals surface area contributed by atoms with Crippen molar-refractivity contribution in [3.8, 4) is 0 Å². The van der Waals surface area contributed by atoms with Crippen molar-refractivity contribution in [3.05, 3.63) is 69.7 Å². The van der Waals surface area contributed by atoms with Gasteiger partial charge in [-0.3, -0.25) is 4.79 Å². The number of halogens is 2. The highest BCUT2D eigenvalue weighted by Gasteiger charge is 2.08. The first-order valence-corrected chi connectivity index (χ1v) is 8.30. The Hall–Kier alpha value is -1.55. The maximum atomic E-state index is 11.9. The second-order valence-corrected chi connectivity index (χ2v) is 6.26. The topological polar surface area (TPSA) is 41.1 Å². The third kappa shape index (κ3) is 6.22. The number of carbonyl (C=O) groups is 1. The smallest absolute Gasteiger partial charge is 0.233 e. The van der Waals surface area contributed by atoms with Crippen LogP contribution in [0.2, 0.25) is 10.0 Å². The van der Waals surface area contributed by atoms with Gasteiger partial charge in [-0.1, -0.05) is 47.5 Å². The van der Waals surface area contributed by atoms with Gasteiger partial charge in [0.1, 0.15) is 0 Å². The van der Waals surface area contributed by atoms with Crippen LogP contribution in [0.3, 0.4) is 0 Å². The lowest BCUT2D eigenvalue weighted by molar-refractivity contribution is -0.120. The van der Waals surface area contributed by atoms with E-state index < -0.39 is 0 Å². The third-order valence-corrected chi connectivity index (χ3v) is 4.01. The van der Waals surface area contributed by atoms with Crippen LogP contribution in [0, 0.1) is 0 Å². The molecule has 3 nitrogen and oxygen atoms in total. The van der Waals surface area contributed by atoms with E-state index in [4.69, 9.17) is 23.2 Å². The molecule has 2 rings (SSSR count). The van der Waals surface area contributed by atoms with Crippen LogP contribution in [0.15, 0.2) is 48.5 Å². The molecular weight excluding hydrogens is 331 g/mol. The molecule has 5 heteroatoms. The molecule has 0 aromatic heterocycles. The molecule has 1 amide bonds. The van der Waals surface area contributed by atoms with Crippen LogP contribution >= 0.6 is 23.2 Å². The number of rotatable bonds is 7. The summed E-state index contributed by atoms with van der Waals surface area (Å²) in [5.41, 5.74) is 2.17. The molecule has 1 atom stereocenters. The standard InChI is InChI=1S/C18H20Cl2N2O/c1-13(15-5-3-7-17(20)11-15)22-12-18(23)21-9-8-14-4-2-6-16(19)10-14/h2-7,10-11,13,22H,8-9,12H2,1H3,(H,21,23)/t13-/m0/s1. The van der Waals surface area contributed by atoms with E-state index in [9.17, 15) is 4.79 Å². The maximum Gasteiger partial charge on any atom is 0.233 e. The zero-order valence-electron chi connectivity index (χ0n) is 13.0. The molecule has 0 bridgehead atoms. The van der Waals surface area contributed by atoms with Gasteiger partial charge in [0, 0.05) is 22.6 Å². The van der Waals surface area contributed by atoms with Crippen molar-refractivity contribution in [3.63, 3.8) is 0 Å². The highest BCUT2D eigenvalue weighted by molar-refractivity contribution is 6.30. The monoisotopic (exact) mass is 350 g/mol. The van der Waals surface area contributed by atoms with E-state index in [0.717, 1.165) is 17.5 Å². The summed E-state index contributed by atoms with van der Waals surface area (Å²) in [5, 5.41) is 7.50. The summed E-state index contributed by atoms with van der Waals surface area (Å²) in [5.74, 6) is -0.0269. The Morgan fingerprint density at radius 2 is 1.78 bits per heavy atom. The minimum atomic E-state index is -0.0269. The fourth-order valence-electron chi connectivity index (χ4n) is 2.24. The van der Waals surface area contributed by atoms with E-state index in [-0.39, 0.29) is 18.5 Å². The lowest BCUT2D eigenvalue weighted by Gasteiger charge is -2.14. The largest absolute Gasteiger partial charge is 0.355 e. The summed E-state index contributed by atoms with van der Waals surface area (Å²) in [6, 6.07) is 15.3. The van der Waals surface area contributed by atoms with Crippen molar-refractivity contribution in [1.29, 1.82) is 0 Å². The molecule has 23 heavy (non-hydrogen) atoms. The molecule has 2 N–H and O–H groups in total. The predicted octanol–water partition coefficient (Wildman–Crippen LogP) is 4.00. The minimum absolute atomic E-state index is 0.0269. The molecule has 122 valence electrons. The first-order valence-electron chi connectivity index (χ1n) is 7.54. The Morgan fingerprint density at radius 3 is 2.48 bits per heavy atom. The number of nitrogens with one attached hydrogen (secondary N) is 2. The van der Waals surface area contributed by atoms with Gasteiger partial charge in [0.2, 0.25) is 5.91 Å². The molecule has 0 radical (unpaired) electrons. The van der Waals surface area contributed by atoms with E-state index in [1.165, 1.54) is 0 Å². The zero-order valence-corrected chi connectivity index (χ0v) is 14.5. The van der Waals surface area contributed by atoms with Gasteiger partial charge in [-0.15, -0.1) is 0 Å². The Morgan fingerprint density at radius 1 is 1.09 bits per heavy atom. The number of benzene rings is 2. The Labute approximate surface area is 147 Å². The lowest BCUT2D eigenvalue weighted by Crippen LogP contribution is -2.36. The minimum Gasteiger partial charge on any atom is -0.355 e. The van der Waals surface area contributed by atoms with Gasteiger partial charge in [-0.25, -0.2) is 0 Å². The first kappa shape index (κ1) is 17.8. The molecule has 0 aliphatic carbocycles. The van der Waals surface area contributed by atoms with E-state index in [1.807, 2.05) is 55.5 Å². The molecule has 0 spiro atoms. The molecule has 2 aromatic rings. The molecule has 0 aliphatic heterocycles. The fraction of sp³-hybridized carbons (Fsp3) is 0.278. The van der Waals surface area contributed by atoms with Crippen LogP contribution in [-0.4, -0.2) is 19.0 Å². The van der Waals surface area contributed by atoms with Crippen molar-refractivity contribution in [2.24, 2.45) is 0 Å². The Kier molecular flexibility index (Phi) is 6.90. The van der Waals surface area contributed by atoms with Gasteiger partial charge >= 0.3 is 0 Å². The molecule has 0 unspecified atom stereocenters. The van der Waals surface area contributed by atoms with Gasteiger partial charge in [0.05, 0.1) is 6.54 Å². The maximum absolute atomic E-state index is 11.9. The number of hydrogen-bond acceptors (Lipinski definition) is 2. The van der Waals surface area contributed by atoms with Crippen LogP contribution in [-0.2, 0) is 11.2 Å². The zero-order chi connectivity index (χ0) is 16.7. The van der Waals surface area contributed by atoms with Crippen molar-refractivity contribution in [1.82, 2.24) is 10.6 Å². The molecule has 0 aliphatic rings. The Bertz CT molecular complexity index is 661. The average Bonchev–Trinajstić information content (AvgIpc) is 2.52. The molecular formula is C18H20Cl2N2O. The van der Waals surface area contributed by atoms with Crippen molar-refractivity contribution < 1.29 is 4.79 Å². The lowest BCUT2D eigenvalue weighted by atomic mass is 10.1. The summed E-state index contributed by atoms with van der Waals surface area (Å²) >= 11 is 11.9. The van der Waals surface area contributed by atoms with Gasteiger partial charge in [-0.05, 0) is 48.7 Å². The Balaban J connectivity index is 1.70. The molecule has 0 saturated carbocycles. The number of carbonyl (C=O) groups excluding carboxylic acids is 1. The SMILES string of the molecule is C[C@H](NCC(=O)NCCc1cccc(Cl)c1)c1cccc(Cl)c1. The molecule has 2 aromatic carbocycles. The summed E-state index contributed by atoms with van der Waals surface area (Å²) in [4.78, 5) is 11.9. The van der Waals surface area contributed by atoms with Crippen LogP contribution in [0.1, 0.15) is 24.1 Å². The number of amides is 1. The second kappa shape index (κ2) is 8.92. The van der Waals surface area contributed by atoms with Crippen molar-refractivity contribution >= 4 is 29.1 Å². The van der Waals surface area contributed by atoms with E-state index >= 15 is 0 Å². The van der Waals surface area contributed by atoms with Gasteiger partial charge < -0.3 is 10.6 Å². The number of hydrogen-bond donors (Lipinski definition) is 2. The van der Waals surface area contributed by atoms with Crippen molar-refractivity contribution in [2.75, 3.05) is 13.1 Å². The van der Waals surface area contributed by atoms with E-state index in [2.05, 4.69) is 10.6 Å². The normalized spacial score (nSPS) is 12.0. The fourth-order valence-corrected chi connectivity index (χ4v) is 2.65. The third-order valence-electron chi connectivity index (χ3n) is 3.54. The second-order valence-electron chi connectivity index (χ2n) is 5.39. The van der Waals surface area contributed by atoms with Crippen LogP contribution in [0.5, 0.6) is 0 Å². The van der Waals surface area contributed by atoms with Crippen LogP contribution in [0.4, 0.5) is 0 Å². The quantitative estimate of drug-likeness (QED) is 0.792. The average molecular weight is 351 g/mol. The highest BCUT2D eigenvalue weighted by atomic mass is 35.5. The van der Waals surface area contributed by atoms with Gasteiger partial charge in [0.15, 0.2) is 0 Å². The van der Waals surface area contributed by atoms with Crippen LogP contribution in [0.25, 0.3) is 0 Å². The summed E-state index contributed by atoms with van der Waals surface area (Å²) < 4.78 is 0. The van der Waals surface area contributed by atoms with E-state index in [1.54, 1.807) is 0 Å². The molecule has 0 heterocycles.